The Morgan fingerprint density at radius 2 is 1.88 bits per heavy atom. The van der Waals surface area contributed by atoms with Gasteiger partial charge in [-0.15, -0.1) is 5.06 Å². The predicted octanol–water partition coefficient (Wildman–Crippen LogP) is -0.0407. The van der Waals surface area contributed by atoms with Crippen LogP contribution in [0.1, 0.15) is 5.56 Å². The molecule has 0 spiro atoms. The topological polar surface area (TPSA) is 72.9 Å². The van der Waals surface area contributed by atoms with Crippen molar-refractivity contribution in [2.24, 2.45) is 0 Å². The van der Waals surface area contributed by atoms with Gasteiger partial charge in [0.2, 0.25) is 0 Å². The SMILES string of the molecule is O=C1OC2Cc3ccccc3N(OC1=O)C2=O. The molecule has 1 unspecified atom stereocenters. The van der Waals surface area contributed by atoms with Gasteiger partial charge in [0, 0.05) is 6.42 Å². The summed E-state index contributed by atoms with van der Waals surface area (Å²) in [6.07, 6.45) is -0.725. The Morgan fingerprint density at radius 1 is 1.12 bits per heavy atom. The standard InChI is InChI=1S/C11H7NO5/c13-9-8-5-6-3-1-2-4-7(6)12(9)17-11(15)10(14)16-8/h1-4,8H,5H2. The van der Waals surface area contributed by atoms with Crippen LogP contribution in [-0.4, -0.2) is 23.9 Å². The van der Waals surface area contributed by atoms with E-state index in [9.17, 15) is 14.4 Å². The van der Waals surface area contributed by atoms with E-state index in [2.05, 4.69) is 0 Å². The number of rotatable bonds is 0. The molecule has 0 N–H and O–H groups in total. The molecule has 1 aromatic rings. The zero-order valence-electron chi connectivity index (χ0n) is 8.58. The minimum absolute atomic E-state index is 0.258. The third-order valence-corrected chi connectivity index (χ3v) is 2.68. The minimum Gasteiger partial charge on any atom is -0.443 e. The van der Waals surface area contributed by atoms with Gasteiger partial charge in [-0.2, -0.15) is 0 Å². The van der Waals surface area contributed by atoms with Gasteiger partial charge in [-0.3, -0.25) is 4.79 Å². The second-order valence-electron chi connectivity index (χ2n) is 3.74. The van der Waals surface area contributed by atoms with E-state index in [4.69, 9.17) is 9.57 Å². The third kappa shape index (κ3) is 1.37. The first-order valence-corrected chi connectivity index (χ1v) is 5.01. The maximum Gasteiger partial charge on any atom is 0.442 e. The minimum atomic E-state index is -1.18. The number of carbonyl (C=O) groups is 3. The van der Waals surface area contributed by atoms with E-state index in [1.54, 1.807) is 24.3 Å². The molecule has 2 bridgehead atoms. The number of hydrogen-bond acceptors (Lipinski definition) is 5. The second kappa shape index (κ2) is 3.31. The number of fused-ring (bicyclic) bond motifs is 4. The van der Waals surface area contributed by atoms with Crippen LogP contribution in [0.15, 0.2) is 24.3 Å². The van der Waals surface area contributed by atoms with Crippen LogP contribution in [0.4, 0.5) is 5.69 Å². The highest BCUT2D eigenvalue weighted by Gasteiger charge is 2.43. The number of hydrogen-bond donors (Lipinski definition) is 0. The normalized spacial score (nSPS) is 22.5. The van der Waals surface area contributed by atoms with E-state index in [0.717, 1.165) is 10.6 Å². The number of esters is 1. The summed E-state index contributed by atoms with van der Waals surface area (Å²) in [5, 5.41) is 0.830. The molecule has 0 aliphatic carbocycles. The summed E-state index contributed by atoms with van der Waals surface area (Å²) < 4.78 is 4.76. The van der Waals surface area contributed by atoms with Crippen LogP contribution in [0, 0.1) is 0 Å². The maximum atomic E-state index is 11.9. The molecule has 2 aliphatic rings. The Kier molecular flexibility index (Phi) is 1.91. The lowest BCUT2D eigenvalue weighted by Crippen LogP contribution is -2.43. The molecular formula is C11H7NO5. The molecule has 86 valence electrons. The first-order chi connectivity index (χ1) is 8.16. The van der Waals surface area contributed by atoms with Crippen molar-refractivity contribution < 1.29 is 24.0 Å². The molecule has 17 heavy (non-hydrogen) atoms. The molecule has 1 atom stereocenters. The molecule has 2 heterocycles. The molecule has 1 amide bonds. The zero-order chi connectivity index (χ0) is 12.0. The van der Waals surface area contributed by atoms with Gasteiger partial charge in [0.05, 0.1) is 5.69 Å². The maximum absolute atomic E-state index is 11.9. The Labute approximate surface area is 95.7 Å². The average Bonchev–Trinajstić information content (AvgIpc) is 2.40. The lowest BCUT2D eigenvalue weighted by Gasteiger charge is -2.27. The highest BCUT2D eigenvalue weighted by atomic mass is 16.7. The Hall–Kier alpha value is -2.37. The molecule has 3 rings (SSSR count). The summed E-state index contributed by atoms with van der Waals surface area (Å²) in [4.78, 5) is 39.0. The van der Waals surface area contributed by atoms with Gasteiger partial charge < -0.3 is 9.57 Å². The Bertz CT molecular complexity index is 538. The first kappa shape index (κ1) is 9.83. The number of anilines is 1. The molecule has 1 fully saturated rings. The Balaban J connectivity index is 2.13. The van der Waals surface area contributed by atoms with E-state index < -0.39 is 23.9 Å². The molecule has 1 saturated heterocycles. The second-order valence-corrected chi connectivity index (χ2v) is 3.74. The number of carbonyl (C=O) groups excluding carboxylic acids is 3. The van der Waals surface area contributed by atoms with E-state index in [-0.39, 0.29) is 6.42 Å². The van der Waals surface area contributed by atoms with Crippen LogP contribution in [0.5, 0.6) is 0 Å². The third-order valence-electron chi connectivity index (χ3n) is 2.68. The number of hydroxylamine groups is 1. The summed E-state index contributed by atoms with van der Waals surface area (Å²) in [6, 6.07) is 6.94. The smallest absolute Gasteiger partial charge is 0.442 e. The van der Waals surface area contributed by atoms with Gasteiger partial charge in [-0.1, -0.05) is 18.2 Å². The van der Waals surface area contributed by atoms with Crippen LogP contribution in [0.25, 0.3) is 0 Å². The van der Waals surface area contributed by atoms with Gasteiger partial charge in [0.1, 0.15) is 0 Å². The Morgan fingerprint density at radius 3 is 2.71 bits per heavy atom. The number of ether oxygens (including phenoxy) is 1. The van der Waals surface area contributed by atoms with E-state index in [1.165, 1.54) is 0 Å². The largest absolute Gasteiger partial charge is 0.443 e. The van der Waals surface area contributed by atoms with Crippen LogP contribution in [0.3, 0.4) is 0 Å². The lowest BCUT2D eigenvalue weighted by atomic mass is 10.0. The van der Waals surface area contributed by atoms with Crippen LogP contribution in [0.2, 0.25) is 0 Å². The fourth-order valence-corrected chi connectivity index (χ4v) is 1.90. The van der Waals surface area contributed by atoms with E-state index in [1.807, 2.05) is 0 Å². The predicted molar refractivity (Wildman–Crippen MR) is 53.6 cm³/mol. The summed E-state index contributed by atoms with van der Waals surface area (Å²) in [7, 11) is 0. The van der Waals surface area contributed by atoms with Gasteiger partial charge >= 0.3 is 17.8 Å². The molecule has 0 radical (unpaired) electrons. The highest BCUT2D eigenvalue weighted by Crippen LogP contribution is 2.30. The highest BCUT2D eigenvalue weighted by molar-refractivity contribution is 6.31. The summed E-state index contributed by atoms with van der Waals surface area (Å²) in [5.41, 5.74) is 1.26. The number of nitrogens with zero attached hydrogens (tertiary/aromatic N) is 1. The van der Waals surface area contributed by atoms with Crippen molar-refractivity contribution in [1.29, 1.82) is 0 Å². The van der Waals surface area contributed by atoms with Crippen LogP contribution < -0.4 is 5.06 Å². The van der Waals surface area contributed by atoms with Crippen molar-refractivity contribution in [2.45, 2.75) is 12.5 Å². The van der Waals surface area contributed by atoms with Crippen LogP contribution >= 0.6 is 0 Å². The number of para-hydroxylation sites is 1. The van der Waals surface area contributed by atoms with Gasteiger partial charge in [-0.25, -0.2) is 9.59 Å². The van der Waals surface area contributed by atoms with Crippen molar-refractivity contribution in [3.05, 3.63) is 29.8 Å². The summed E-state index contributed by atoms with van der Waals surface area (Å²) in [5.74, 6) is -2.86. The molecule has 0 saturated carbocycles. The fourth-order valence-electron chi connectivity index (χ4n) is 1.90. The van der Waals surface area contributed by atoms with Crippen LogP contribution in [-0.2, 0) is 30.4 Å². The molecule has 0 aromatic heterocycles. The summed E-state index contributed by atoms with van der Waals surface area (Å²) >= 11 is 0. The van der Waals surface area contributed by atoms with Crippen molar-refractivity contribution in [1.82, 2.24) is 0 Å². The van der Waals surface area contributed by atoms with Crippen molar-refractivity contribution >= 4 is 23.5 Å². The number of amides is 1. The van der Waals surface area contributed by atoms with E-state index in [0.29, 0.717) is 5.69 Å². The van der Waals surface area contributed by atoms with Crippen molar-refractivity contribution in [3.8, 4) is 0 Å². The summed E-state index contributed by atoms with van der Waals surface area (Å²) in [6.45, 7) is 0. The molecule has 2 aliphatic heterocycles. The van der Waals surface area contributed by atoms with E-state index >= 15 is 0 Å². The first-order valence-electron chi connectivity index (χ1n) is 5.01. The molecule has 6 heteroatoms. The fraction of sp³-hybridized carbons (Fsp3) is 0.182. The van der Waals surface area contributed by atoms with Gasteiger partial charge in [0.25, 0.3) is 0 Å². The molecule has 1 aromatic carbocycles. The average molecular weight is 233 g/mol. The zero-order valence-corrected chi connectivity index (χ0v) is 8.58. The van der Waals surface area contributed by atoms with Gasteiger partial charge in [0.15, 0.2) is 6.10 Å². The van der Waals surface area contributed by atoms with Crippen molar-refractivity contribution in [2.75, 3.05) is 5.06 Å². The lowest BCUT2D eigenvalue weighted by molar-refractivity contribution is -0.166. The quantitative estimate of drug-likeness (QED) is 0.464. The van der Waals surface area contributed by atoms with Gasteiger partial charge in [-0.05, 0) is 11.6 Å². The molecule has 6 nitrogen and oxygen atoms in total. The van der Waals surface area contributed by atoms with Crippen molar-refractivity contribution in [3.63, 3.8) is 0 Å². The number of benzene rings is 1. The monoisotopic (exact) mass is 233 g/mol. The molecular weight excluding hydrogens is 226 g/mol.